The molecule has 0 amide bonds. The molecule has 1 aliphatic carbocycles. The minimum Gasteiger partial charge on any atom is -0.303 e. The van der Waals surface area contributed by atoms with Gasteiger partial charge in [-0.15, -0.1) is 0 Å². The standard InChI is InChI=1S/C11H19N/c1-2-8-12(9-3-1)10-7-11-5-4-6-11/h5H,1-4,6-10H2. The van der Waals surface area contributed by atoms with E-state index in [0.717, 1.165) is 0 Å². The molecule has 1 fully saturated rings. The predicted octanol–water partition coefficient (Wildman–Crippen LogP) is 2.58. The van der Waals surface area contributed by atoms with Crippen LogP contribution in [0.5, 0.6) is 0 Å². The molecular formula is C11H19N. The average Bonchev–Trinajstić information content (AvgIpc) is 2.04. The van der Waals surface area contributed by atoms with Gasteiger partial charge >= 0.3 is 0 Å². The van der Waals surface area contributed by atoms with E-state index in [0.29, 0.717) is 0 Å². The van der Waals surface area contributed by atoms with Crippen LogP contribution in [0.2, 0.25) is 0 Å². The molecular weight excluding hydrogens is 146 g/mol. The Hall–Kier alpha value is -0.300. The lowest BCUT2D eigenvalue weighted by molar-refractivity contribution is 0.230. The second-order valence-electron chi connectivity index (χ2n) is 4.05. The van der Waals surface area contributed by atoms with Crippen LogP contribution in [0.1, 0.15) is 38.5 Å². The fraction of sp³-hybridized carbons (Fsp3) is 0.818. The van der Waals surface area contributed by atoms with E-state index in [-0.39, 0.29) is 0 Å². The largest absolute Gasteiger partial charge is 0.303 e. The van der Waals surface area contributed by atoms with E-state index in [2.05, 4.69) is 11.0 Å². The molecule has 1 nitrogen and oxygen atoms in total. The zero-order chi connectivity index (χ0) is 8.23. The summed E-state index contributed by atoms with van der Waals surface area (Å²) in [7, 11) is 0. The Balaban J connectivity index is 1.64. The summed E-state index contributed by atoms with van der Waals surface area (Å²) in [4.78, 5) is 2.63. The van der Waals surface area contributed by atoms with Gasteiger partial charge in [-0.25, -0.2) is 0 Å². The smallest absolute Gasteiger partial charge is 0.00186 e. The fourth-order valence-corrected chi connectivity index (χ4v) is 2.06. The summed E-state index contributed by atoms with van der Waals surface area (Å²) in [5.74, 6) is 0. The van der Waals surface area contributed by atoms with Crippen LogP contribution >= 0.6 is 0 Å². The first-order valence-electron chi connectivity index (χ1n) is 5.35. The van der Waals surface area contributed by atoms with Crippen molar-refractivity contribution in [3.05, 3.63) is 11.6 Å². The van der Waals surface area contributed by atoms with E-state index >= 15 is 0 Å². The normalized spacial score (nSPS) is 24.8. The third-order valence-electron chi connectivity index (χ3n) is 3.10. The summed E-state index contributed by atoms with van der Waals surface area (Å²) in [6.07, 6.45) is 10.8. The van der Waals surface area contributed by atoms with Gasteiger partial charge in [-0.1, -0.05) is 18.1 Å². The van der Waals surface area contributed by atoms with Gasteiger partial charge in [0.1, 0.15) is 0 Å². The molecule has 12 heavy (non-hydrogen) atoms. The van der Waals surface area contributed by atoms with Crippen molar-refractivity contribution in [3.63, 3.8) is 0 Å². The zero-order valence-corrected chi connectivity index (χ0v) is 7.89. The van der Waals surface area contributed by atoms with Crippen LogP contribution in [-0.2, 0) is 0 Å². The lowest BCUT2D eigenvalue weighted by Gasteiger charge is -2.27. The summed E-state index contributed by atoms with van der Waals surface area (Å²) >= 11 is 0. The molecule has 0 aromatic heterocycles. The lowest BCUT2D eigenvalue weighted by atomic mass is 9.95. The van der Waals surface area contributed by atoms with Crippen molar-refractivity contribution in [3.8, 4) is 0 Å². The highest BCUT2D eigenvalue weighted by molar-refractivity contribution is 5.12. The van der Waals surface area contributed by atoms with E-state index in [9.17, 15) is 0 Å². The molecule has 0 unspecified atom stereocenters. The first-order chi connectivity index (χ1) is 5.95. The molecule has 68 valence electrons. The van der Waals surface area contributed by atoms with Crippen molar-refractivity contribution in [1.29, 1.82) is 0 Å². The Morgan fingerprint density at radius 2 is 1.92 bits per heavy atom. The van der Waals surface area contributed by atoms with Crippen LogP contribution in [-0.4, -0.2) is 24.5 Å². The zero-order valence-electron chi connectivity index (χ0n) is 7.89. The third kappa shape index (κ3) is 2.10. The molecule has 0 spiro atoms. The van der Waals surface area contributed by atoms with Crippen molar-refractivity contribution in [2.45, 2.75) is 38.5 Å². The molecule has 0 N–H and O–H groups in total. The van der Waals surface area contributed by atoms with Gasteiger partial charge in [-0.3, -0.25) is 0 Å². The summed E-state index contributed by atoms with van der Waals surface area (Å²) < 4.78 is 0. The maximum Gasteiger partial charge on any atom is 0.00186 e. The number of hydrogen-bond acceptors (Lipinski definition) is 1. The van der Waals surface area contributed by atoms with Gasteiger partial charge in [0, 0.05) is 6.54 Å². The highest BCUT2D eigenvalue weighted by Crippen LogP contribution is 2.22. The third-order valence-corrected chi connectivity index (χ3v) is 3.10. The summed E-state index contributed by atoms with van der Waals surface area (Å²) in [5.41, 5.74) is 1.71. The van der Waals surface area contributed by atoms with Gasteiger partial charge in [0.15, 0.2) is 0 Å². The number of likely N-dealkylation sites (tertiary alicyclic amines) is 1. The Morgan fingerprint density at radius 1 is 1.17 bits per heavy atom. The van der Waals surface area contributed by atoms with Crippen molar-refractivity contribution in [2.24, 2.45) is 0 Å². The number of rotatable bonds is 3. The molecule has 0 saturated carbocycles. The molecule has 1 heterocycles. The second kappa shape index (κ2) is 4.08. The molecule has 1 saturated heterocycles. The van der Waals surface area contributed by atoms with E-state index in [1.807, 2.05) is 0 Å². The van der Waals surface area contributed by atoms with Crippen LogP contribution in [0, 0.1) is 0 Å². The lowest BCUT2D eigenvalue weighted by Crippen LogP contribution is -2.30. The maximum atomic E-state index is 2.63. The summed E-state index contributed by atoms with van der Waals surface area (Å²) in [6, 6.07) is 0. The molecule has 2 aliphatic rings. The van der Waals surface area contributed by atoms with Crippen molar-refractivity contribution in [2.75, 3.05) is 19.6 Å². The van der Waals surface area contributed by atoms with Crippen LogP contribution < -0.4 is 0 Å². The van der Waals surface area contributed by atoms with Crippen LogP contribution in [0.4, 0.5) is 0 Å². The van der Waals surface area contributed by atoms with E-state index in [1.165, 1.54) is 58.2 Å². The van der Waals surface area contributed by atoms with E-state index in [4.69, 9.17) is 0 Å². The molecule has 0 atom stereocenters. The SMILES string of the molecule is C1=C(CCN2CCCCC2)CC1. The number of piperidine rings is 1. The fourth-order valence-electron chi connectivity index (χ4n) is 2.06. The van der Waals surface area contributed by atoms with E-state index in [1.54, 1.807) is 5.57 Å². The molecule has 1 aliphatic heterocycles. The Labute approximate surface area is 75.4 Å². The molecule has 2 rings (SSSR count). The quantitative estimate of drug-likeness (QED) is 0.581. The summed E-state index contributed by atoms with van der Waals surface area (Å²) in [5, 5.41) is 0. The Kier molecular flexibility index (Phi) is 2.83. The Bertz CT molecular complexity index is 166. The molecule has 0 radical (unpaired) electrons. The molecule has 0 aromatic rings. The first-order valence-corrected chi connectivity index (χ1v) is 5.35. The topological polar surface area (TPSA) is 3.24 Å². The minimum absolute atomic E-state index is 1.33. The predicted molar refractivity (Wildman–Crippen MR) is 52.2 cm³/mol. The molecule has 1 heteroatoms. The van der Waals surface area contributed by atoms with Gasteiger partial charge in [0.05, 0.1) is 0 Å². The monoisotopic (exact) mass is 165 g/mol. The van der Waals surface area contributed by atoms with Gasteiger partial charge in [0.2, 0.25) is 0 Å². The van der Waals surface area contributed by atoms with Gasteiger partial charge in [-0.2, -0.15) is 0 Å². The van der Waals surface area contributed by atoms with Crippen molar-refractivity contribution < 1.29 is 0 Å². The maximum absolute atomic E-state index is 2.63. The van der Waals surface area contributed by atoms with E-state index < -0.39 is 0 Å². The Morgan fingerprint density at radius 3 is 2.50 bits per heavy atom. The minimum atomic E-state index is 1.33. The average molecular weight is 165 g/mol. The van der Waals surface area contributed by atoms with Crippen LogP contribution in [0.15, 0.2) is 11.6 Å². The number of nitrogens with zero attached hydrogens (tertiary/aromatic N) is 1. The highest BCUT2D eigenvalue weighted by Gasteiger charge is 2.11. The number of allylic oxidation sites excluding steroid dienone is 1. The first kappa shape index (κ1) is 8.31. The van der Waals surface area contributed by atoms with Crippen LogP contribution in [0.25, 0.3) is 0 Å². The van der Waals surface area contributed by atoms with Gasteiger partial charge in [0.25, 0.3) is 0 Å². The highest BCUT2D eigenvalue weighted by atomic mass is 15.1. The van der Waals surface area contributed by atoms with Gasteiger partial charge in [-0.05, 0) is 45.2 Å². The van der Waals surface area contributed by atoms with Crippen LogP contribution in [0.3, 0.4) is 0 Å². The second-order valence-corrected chi connectivity index (χ2v) is 4.05. The number of hydrogen-bond donors (Lipinski definition) is 0. The van der Waals surface area contributed by atoms with Gasteiger partial charge < -0.3 is 4.90 Å². The molecule has 0 bridgehead atoms. The molecule has 0 aromatic carbocycles. The van der Waals surface area contributed by atoms with Crippen molar-refractivity contribution in [1.82, 2.24) is 4.90 Å². The van der Waals surface area contributed by atoms with Crippen molar-refractivity contribution >= 4 is 0 Å². The summed E-state index contributed by atoms with van der Waals surface area (Å²) in [6.45, 7) is 4.03.